The number of nitrogens with one attached hydrogen (secondary N) is 5. The lowest BCUT2D eigenvalue weighted by Crippen LogP contribution is -2.65. The number of ether oxygens (including phenoxy) is 4. The molecule has 0 bridgehead atoms. The zero-order valence-corrected chi connectivity index (χ0v) is 54.8. The van der Waals surface area contributed by atoms with Crippen molar-refractivity contribution in [1.82, 2.24) is 25.1 Å². The number of aliphatic carboxylic acids is 1. The number of carboxylic acids is 1. The Morgan fingerprint density at radius 1 is 0.593 bits per heavy atom. The van der Waals surface area contributed by atoms with Crippen molar-refractivity contribution in [2.24, 2.45) is 25.6 Å². The molecule has 5 amide bonds. The minimum Gasteiger partial charge on any atom is -0.480 e. The average molecular weight is 1280 g/mol. The van der Waals surface area contributed by atoms with Gasteiger partial charge in [0, 0.05) is 108 Å². The number of hydrogen-bond acceptors (Lipinski definition) is 17. The van der Waals surface area contributed by atoms with Gasteiger partial charge in [-0.3, -0.25) is 38.4 Å². The highest BCUT2D eigenvalue weighted by Crippen LogP contribution is 2.29. The van der Waals surface area contributed by atoms with Gasteiger partial charge in [0.05, 0.1) is 41.3 Å². The molecule has 3 aliphatic rings. The Morgan fingerprint density at radius 2 is 0.945 bits per heavy atom. The van der Waals surface area contributed by atoms with E-state index in [1.807, 2.05) is 20.8 Å². The van der Waals surface area contributed by atoms with Crippen molar-refractivity contribution in [1.29, 1.82) is 0 Å². The summed E-state index contributed by atoms with van der Waals surface area (Å²) in [6.07, 6.45) is 1.46. The van der Waals surface area contributed by atoms with Gasteiger partial charge in [-0.15, -0.1) is 0 Å². The second-order valence-corrected chi connectivity index (χ2v) is 25.5. The van der Waals surface area contributed by atoms with Gasteiger partial charge in [0.15, 0.2) is 0 Å². The second-order valence-electron chi connectivity index (χ2n) is 25.5. The number of aliphatic hydroxyl groups is 2. The first kappa shape index (κ1) is 75.7. The smallest absolute Gasteiger partial charge is 0.329 e. The van der Waals surface area contributed by atoms with E-state index >= 15 is 0 Å². The van der Waals surface area contributed by atoms with Gasteiger partial charge in [-0.25, -0.2) is 13.6 Å². The first-order valence-electron chi connectivity index (χ1n) is 29.6. The molecule has 502 valence electrons. The standard InChI is InChI=1S/C27H35FN4O6.C23H26FN3O6.C10H19NO3.C4H11NO/c1-15-13-18(7-8-19(15)28)29-23(35)20-16(2)21(32(6)17(20)3)22(34)24(36)30-27(9-11-38-12-10-27)25(37)31-26(4,5)14-33;1-12-11-15(5-6-16(12)24)25-20(29)17-13(2)18(27(4)14(17)3)19(28)21(30)26-23(22(31)32)7-9-33-10-8-23;1-9(2,3)14-8(12)10(11)4-6-13-7-5-10;1-4(2,5)3-6/h7-8,13,33H,9-12,14H2,1-6H3,(H,29,35)(H,30,36)(H,31,37);5-6,11H,7-10H2,1-4H3,(H,25,29)(H,26,30)(H,31,32);4-7,11H2,1-3H3;6H,3,5H2,1-2H3. The van der Waals surface area contributed by atoms with E-state index in [9.17, 15) is 62.1 Å². The van der Waals surface area contributed by atoms with Crippen LogP contribution in [0.1, 0.15) is 162 Å². The Balaban J connectivity index is 0.000000301. The van der Waals surface area contributed by atoms with E-state index in [0.717, 1.165) is 0 Å². The summed E-state index contributed by atoms with van der Waals surface area (Å²) in [6, 6.07) is 8.33. The summed E-state index contributed by atoms with van der Waals surface area (Å²) in [6.45, 7) is 23.4. The summed E-state index contributed by atoms with van der Waals surface area (Å²) in [4.78, 5) is 115. The number of carboxylic acid groups (broad SMARTS) is 1. The number of nitrogens with two attached hydrogens (primary N) is 2. The number of aromatic nitrogens is 2. The molecule has 0 saturated carbocycles. The number of carbonyl (C=O) groups is 9. The Hall–Kier alpha value is -7.79. The van der Waals surface area contributed by atoms with Crippen LogP contribution in [0.2, 0.25) is 0 Å². The molecule has 2 aromatic carbocycles. The molecule has 2 aromatic heterocycles. The largest absolute Gasteiger partial charge is 0.480 e. The fraction of sp³-hybridized carbons (Fsp3) is 0.547. The van der Waals surface area contributed by atoms with Crippen molar-refractivity contribution in [3.05, 3.63) is 104 Å². The average Bonchev–Trinajstić information content (AvgIpc) is 1.67. The van der Waals surface area contributed by atoms with Gasteiger partial charge < -0.3 is 81.5 Å². The highest BCUT2D eigenvalue weighted by molar-refractivity contribution is 6.44. The minimum absolute atomic E-state index is 0.0127. The molecule has 25 nitrogen and oxygen atoms in total. The number of halogens is 2. The van der Waals surface area contributed by atoms with Crippen molar-refractivity contribution >= 4 is 64.4 Å². The summed E-state index contributed by atoms with van der Waals surface area (Å²) in [7, 11) is 3.12. The van der Waals surface area contributed by atoms with Crippen LogP contribution >= 0.6 is 0 Å². The molecular weight excluding hydrogens is 1190 g/mol. The van der Waals surface area contributed by atoms with Gasteiger partial charge in [-0.05, 0) is 162 Å². The van der Waals surface area contributed by atoms with Gasteiger partial charge in [0.1, 0.15) is 33.9 Å². The number of Topliss-reactive ketones (excluding diaryl/α,β-unsaturated/α-hetero) is 2. The van der Waals surface area contributed by atoms with Gasteiger partial charge in [0.25, 0.3) is 35.2 Å². The Kier molecular flexibility index (Phi) is 25.8. The number of carbonyl (C=O) groups excluding carboxylic acids is 8. The maximum atomic E-state index is 13.6. The molecule has 91 heavy (non-hydrogen) atoms. The molecule has 4 aromatic rings. The Morgan fingerprint density at radius 3 is 1.27 bits per heavy atom. The van der Waals surface area contributed by atoms with E-state index in [4.69, 9.17) is 35.5 Å². The molecule has 3 fully saturated rings. The monoisotopic (exact) mass is 1280 g/mol. The molecule has 0 unspecified atom stereocenters. The molecular formula is C64H91F2N9O16. The van der Waals surface area contributed by atoms with Crippen LogP contribution < -0.4 is 38.1 Å². The molecule has 7 rings (SSSR count). The molecule has 3 saturated heterocycles. The fourth-order valence-corrected chi connectivity index (χ4v) is 9.89. The van der Waals surface area contributed by atoms with Gasteiger partial charge in [-0.1, -0.05) is 0 Å². The third-order valence-corrected chi connectivity index (χ3v) is 15.7. The van der Waals surface area contributed by atoms with Gasteiger partial charge in [-0.2, -0.15) is 0 Å². The first-order chi connectivity index (χ1) is 42.1. The zero-order valence-electron chi connectivity index (χ0n) is 54.8. The normalized spacial score (nSPS) is 15.9. The van der Waals surface area contributed by atoms with Crippen LogP contribution in [0.15, 0.2) is 36.4 Å². The van der Waals surface area contributed by atoms with Crippen LogP contribution in [-0.2, 0) is 57.0 Å². The number of aliphatic hydroxyl groups excluding tert-OH is 2. The SMILES string of the molecule is CC(C)(C)OC(=O)C1(N)CCOCC1.CC(C)(N)CO.Cc1cc(NC(=O)c2c(C)c(C(=O)C(=O)NC3(C(=O)NC(C)(C)CO)CCOCC3)n(C)c2C)ccc1F.Cc1cc(NC(=O)c2c(C)c(C(=O)C(=O)NC3(C(=O)O)CCOCC3)n(C)c2C)ccc1F. The maximum Gasteiger partial charge on any atom is 0.329 e. The van der Waals surface area contributed by atoms with Crippen molar-refractivity contribution in [2.45, 2.75) is 162 Å². The van der Waals surface area contributed by atoms with Gasteiger partial charge in [0.2, 0.25) is 5.91 Å². The predicted molar refractivity (Wildman–Crippen MR) is 334 cm³/mol. The van der Waals surface area contributed by atoms with E-state index in [0.29, 0.717) is 65.5 Å². The molecule has 3 aliphatic heterocycles. The molecule has 0 radical (unpaired) electrons. The molecule has 12 N–H and O–H groups in total. The molecule has 0 spiro atoms. The lowest BCUT2D eigenvalue weighted by molar-refractivity contribution is -0.165. The third kappa shape index (κ3) is 19.6. The van der Waals surface area contributed by atoms with Crippen LogP contribution in [0.25, 0.3) is 0 Å². The number of rotatable bonds is 16. The number of anilines is 2. The summed E-state index contributed by atoms with van der Waals surface area (Å²) < 4.78 is 51.0. The quantitative estimate of drug-likeness (QED) is 0.0405. The molecule has 0 aliphatic carbocycles. The number of aryl methyl sites for hydroxylation is 2. The third-order valence-electron chi connectivity index (χ3n) is 15.7. The molecule has 27 heteroatoms. The molecule has 5 heterocycles. The van der Waals surface area contributed by atoms with E-state index in [1.165, 1.54) is 45.5 Å². The van der Waals surface area contributed by atoms with Crippen molar-refractivity contribution < 1.29 is 86.2 Å². The van der Waals surface area contributed by atoms with Gasteiger partial charge >= 0.3 is 11.9 Å². The van der Waals surface area contributed by atoms with E-state index in [-0.39, 0.29) is 99.4 Å². The Labute approximate surface area is 529 Å². The fourth-order valence-electron chi connectivity index (χ4n) is 9.89. The highest BCUT2D eigenvalue weighted by Gasteiger charge is 2.46. The van der Waals surface area contributed by atoms with Crippen LogP contribution in [0.5, 0.6) is 0 Å². The van der Waals surface area contributed by atoms with Crippen LogP contribution in [-0.4, -0.2) is 164 Å². The highest BCUT2D eigenvalue weighted by atomic mass is 19.1. The summed E-state index contributed by atoms with van der Waals surface area (Å²) in [5, 5.41) is 40.6. The summed E-state index contributed by atoms with van der Waals surface area (Å²) >= 11 is 0. The molecule has 0 atom stereocenters. The van der Waals surface area contributed by atoms with Crippen LogP contribution in [0.4, 0.5) is 20.2 Å². The minimum atomic E-state index is -1.58. The predicted octanol–water partition coefficient (Wildman–Crippen LogP) is 4.90. The second kappa shape index (κ2) is 31.0. The number of amides is 5. The van der Waals surface area contributed by atoms with E-state index < -0.39 is 92.0 Å². The first-order valence-corrected chi connectivity index (χ1v) is 29.6. The number of benzene rings is 2. The lowest BCUT2D eigenvalue weighted by Gasteiger charge is -2.38. The van der Waals surface area contributed by atoms with E-state index in [1.54, 1.807) is 83.3 Å². The Bertz CT molecular complexity index is 3360. The number of esters is 1. The number of ketones is 2. The van der Waals surface area contributed by atoms with E-state index in [2.05, 4.69) is 26.6 Å². The summed E-state index contributed by atoms with van der Waals surface area (Å²) in [5.41, 5.74) is 9.01. The topological polar surface area (TPSA) is 373 Å². The maximum absolute atomic E-state index is 13.6. The van der Waals surface area contributed by atoms with Crippen LogP contribution in [0, 0.1) is 53.2 Å². The number of nitrogens with zero attached hydrogens (tertiary/aromatic N) is 2. The van der Waals surface area contributed by atoms with Crippen LogP contribution in [0.3, 0.4) is 0 Å². The lowest BCUT2D eigenvalue weighted by atomic mass is 9.87. The van der Waals surface area contributed by atoms with Crippen molar-refractivity contribution in [2.75, 3.05) is 63.5 Å². The number of hydrogen-bond donors (Lipinski definition) is 10. The van der Waals surface area contributed by atoms with Crippen molar-refractivity contribution in [3.8, 4) is 0 Å². The zero-order chi connectivity index (χ0) is 68.9. The van der Waals surface area contributed by atoms with Crippen molar-refractivity contribution in [3.63, 3.8) is 0 Å². The summed E-state index contributed by atoms with van der Waals surface area (Å²) in [5.74, 6) is -7.78.